The van der Waals surface area contributed by atoms with Crippen molar-refractivity contribution in [2.75, 3.05) is 13.2 Å². The summed E-state index contributed by atoms with van der Waals surface area (Å²) in [5.74, 6) is -0.866. The maximum atomic E-state index is 12.9. The van der Waals surface area contributed by atoms with Crippen LogP contribution in [-0.2, 0) is 28.6 Å². The molecule has 1 unspecified atom stereocenters. The highest BCUT2D eigenvalue weighted by Crippen LogP contribution is 2.18. The Balaban J connectivity index is 4.24. The molecule has 0 aliphatic rings. The molecule has 0 saturated carbocycles. The van der Waals surface area contributed by atoms with Crippen LogP contribution in [0.3, 0.4) is 0 Å². The molecular formula is C74H132O6. The van der Waals surface area contributed by atoms with Gasteiger partial charge in [0.15, 0.2) is 6.10 Å². The van der Waals surface area contributed by atoms with Gasteiger partial charge in [-0.15, -0.1) is 0 Å². The van der Waals surface area contributed by atoms with Crippen LogP contribution in [0.2, 0.25) is 0 Å². The third-order valence-corrected chi connectivity index (χ3v) is 15.4. The Morgan fingerprint density at radius 2 is 0.487 bits per heavy atom. The third kappa shape index (κ3) is 65.7. The van der Waals surface area contributed by atoms with Gasteiger partial charge < -0.3 is 14.2 Å². The molecule has 6 heteroatoms. The molecule has 0 radical (unpaired) electrons. The summed E-state index contributed by atoms with van der Waals surface area (Å²) in [7, 11) is 0. The largest absolute Gasteiger partial charge is 0.462 e. The zero-order valence-electron chi connectivity index (χ0n) is 53.3. The Kier molecular flexibility index (Phi) is 65.7. The minimum atomic E-state index is -0.779. The van der Waals surface area contributed by atoms with E-state index in [1.54, 1.807) is 0 Å². The maximum absolute atomic E-state index is 12.9. The first-order valence-corrected chi connectivity index (χ1v) is 34.9. The van der Waals surface area contributed by atoms with E-state index in [2.05, 4.69) is 93.7 Å². The van der Waals surface area contributed by atoms with Crippen molar-refractivity contribution in [1.82, 2.24) is 0 Å². The second-order valence-corrected chi connectivity index (χ2v) is 23.4. The zero-order chi connectivity index (χ0) is 57.8. The second kappa shape index (κ2) is 68.3. The topological polar surface area (TPSA) is 78.9 Å². The zero-order valence-corrected chi connectivity index (χ0v) is 53.3. The van der Waals surface area contributed by atoms with Gasteiger partial charge in [0.1, 0.15) is 13.2 Å². The Labute approximate surface area is 497 Å². The van der Waals surface area contributed by atoms with Gasteiger partial charge in [0.25, 0.3) is 0 Å². The van der Waals surface area contributed by atoms with E-state index in [9.17, 15) is 14.4 Å². The molecule has 0 aromatic carbocycles. The molecule has 0 saturated heterocycles. The summed E-state index contributed by atoms with van der Waals surface area (Å²) in [5.41, 5.74) is 0. The van der Waals surface area contributed by atoms with Crippen molar-refractivity contribution in [3.63, 3.8) is 0 Å². The molecule has 464 valence electrons. The average molecular weight is 1120 g/mol. The maximum Gasteiger partial charge on any atom is 0.306 e. The van der Waals surface area contributed by atoms with Crippen molar-refractivity contribution in [2.24, 2.45) is 0 Å². The highest BCUT2D eigenvalue weighted by molar-refractivity contribution is 5.71. The third-order valence-electron chi connectivity index (χ3n) is 15.4. The van der Waals surface area contributed by atoms with Gasteiger partial charge in [-0.2, -0.15) is 0 Å². The molecule has 0 fully saturated rings. The fourth-order valence-corrected chi connectivity index (χ4v) is 10.2. The number of unbranched alkanes of at least 4 members (excludes halogenated alkanes) is 41. The standard InChI is InChI=1S/C74H132O6/c1-4-7-10-13-16-19-22-25-27-29-31-33-35-36-37-38-40-41-43-45-47-49-52-55-58-61-64-67-73(76)79-70-71(69-78-72(75)66-63-60-57-54-51-24-21-18-15-12-9-6-3)80-74(77)68-65-62-59-56-53-50-48-46-44-42-39-34-32-30-28-26-23-20-17-14-11-8-5-2/h7,10,16,18-19,21,25,27,31,33,36-37,71H,4-6,8-9,11-15,17,20,22-24,26,28-30,32,34-35,38-70H2,1-3H3/b10-7-,19-16-,21-18-,27-25-,33-31-,37-36-. The van der Waals surface area contributed by atoms with Crippen molar-refractivity contribution in [3.8, 4) is 0 Å². The Bertz CT molecular complexity index is 1470. The quantitative estimate of drug-likeness (QED) is 0.0261. The minimum absolute atomic E-state index is 0.0757. The lowest BCUT2D eigenvalue weighted by atomic mass is 10.0. The lowest BCUT2D eigenvalue weighted by Crippen LogP contribution is -2.30. The first-order chi connectivity index (χ1) is 39.5. The van der Waals surface area contributed by atoms with Crippen LogP contribution in [0.4, 0.5) is 0 Å². The van der Waals surface area contributed by atoms with Crippen LogP contribution >= 0.6 is 0 Å². The van der Waals surface area contributed by atoms with E-state index in [1.165, 1.54) is 225 Å². The van der Waals surface area contributed by atoms with E-state index < -0.39 is 6.10 Å². The van der Waals surface area contributed by atoms with Crippen molar-refractivity contribution in [1.29, 1.82) is 0 Å². The van der Waals surface area contributed by atoms with Crippen LogP contribution in [0.1, 0.15) is 361 Å². The normalized spacial score (nSPS) is 12.5. The van der Waals surface area contributed by atoms with Crippen LogP contribution in [0.25, 0.3) is 0 Å². The monoisotopic (exact) mass is 1120 g/mol. The molecule has 0 aromatic rings. The minimum Gasteiger partial charge on any atom is -0.462 e. The molecule has 6 nitrogen and oxygen atoms in total. The van der Waals surface area contributed by atoms with Gasteiger partial charge in [0, 0.05) is 19.3 Å². The van der Waals surface area contributed by atoms with Gasteiger partial charge in [-0.3, -0.25) is 14.4 Å². The molecule has 0 bridgehead atoms. The number of ether oxygens (including phenoxy) is 3. The van der Waals surface area contributed by atoms with Gasteiger partial charge in [-0.25, -0.2) is 0 Å². The summed E-state index contributed by atoms with van der Waals surface area (Å²) >= 11 is 0. The van der Waals surface area contributed by atoms with E-state index in [4.69, 9.17) is 14.2 Å². The Hall–Kier alpha value is -3.15. The number of carbonyl (C=O) groups excluding carboxylic acids is 3. The number of rotatable bonds is 64. The molecule has 0 rings (SSSR count). The molecule has 0 spiro atoms. The highest BCUT2D eigenvalue weighted by Gasteiger charge is 2.19. The Morgan fingerprint density at radius 1 is 0.263 bits per heavy atom. The summed E-state index contributed by atoms with van der Waals surface area (Å²) in [6.45, 7) is 6.55. The number of esters is 3. The first kappa shape index (κ1) is 76.9. The van der Waals surface area contributed by atoms with Gasteiger partial charge in [-0.1, -0.05) is 325 Å². The SMILES string of the molecule is CC/C=C\C/C=C\C/C=C\C/C=C\C/C=C\CCCCCCCCCCCCCC(=O)OCC(COC(=O)CCCCCCC/C=C\CCCCC)OC(=O)CCCCCCCCCCCCCCCCCCCCCCCCC. The van der Waals surface area contributed by atoms with Crippen molar-refractivity contribution in [3.05, 3.63) is 72.9 Å². The van der Waals surface area contributed by atoms with Gasteiger partial charge in [-0.05, 0) is 89.9 Å². The molecule has 0 N–H and O–H groups in total. The molecular weight excluding hydrogens is 985 g/mol. The number of carbonyl (C=O) groups is 3. The smallest absolute Gasteiger partial charge is 0.306 e. The second-order valence-electron chi connectivity index (χ2n) is 23.4. The van der Waals surface area contributed by atoms with Gasteiger partial charge in [0.05, 0.1) is 0 Å². The van der Waals surface area contributed by atoms with Crippen LogP contribution in [0, 0.1) is 0 Å². The van der Waals surface area contributed by atoms with Crippen LogP contribution in [0.15, 0.2) is 72.9 Å². The van der Waals surface area contributed by atoms with Crippen LogP contribution in [0.5, 0.6) is 0 Å². The van der Waals surface area contributed by atoms with E-state index in [0.29, 0.717) is 19.3 Å². The summed E-state index contributed by atoms with van der Waals surface area (Å²) < 4.78 is 17.0. The van der Waals surface area contributed by atoms with Gasteiger partial charge >= 0.3 is 17.9 Å². The molecule has 0 aliphatic carbocycles. The lowest BCUT2D eigenvalue weighted by Gasteiger charge is -2.18. The predicted octanol–water partition coefficient (Wildman–Crippen LogP) is 24.1. The molecule has 0 aliphatic heterocycles. The van der Waals surface area contributed by atoms with Crippen molar-refractivity contribution in [2.45, 2.75) is 367 Å². The van der Waals surface area contributed by atoms with Crippen LogP contribution < -0.4 is 0 Å². The molecule has 0 amide bonds. The summed E-state index contributed by atoms with van der Waals surface area (Å²) in [6.07, 6.45) is 89.3. The summed E-state index contributed by atoms with van der Waals surface area (Å²) in [6, 6.07) is 0. The van der Waals surface area contributed by atoms with Crippen molar-refractivity contribution < 1.29 is 28.6 Å². The summed E-state index contributed by atoms with van der Waals surface area (Å²) in [4.78, 5) is 38.4. The van der Waals surface area contributed by atoms with E-state index in [-0.39, 0.29) is 31.1 Å². The van der Waals surface area contributed by atoms with E-state index >= 15 is 0 Å². The van der Waals surface area contributed by atoms with Gasteiger partial charge in [0.2, 0.25) is 0 Å². The molecule has 0 heterocycles. The molecule has 0 aromatic heterocycles. The number of hydrogen-bond donors (Lipinski definition) is 0. The first-order valence-electron chi connectivity index (χ1n) is 34.9. The fourth-order valence-electron chi connectivity index (χ4n) is 10.2. The molecule has 80 heavy (non-hydrogen) atoms. The summed E-state index contributed by atoms with van der Waals surface area (Å²) in [5, 5.41) is 0. The predicted molar refractivity (Wildman–Crippen MR) is 348 cm³/mol. The van der Waals surface area contributed by atoms with E-state index in [1.807, 2.05) is 0 Å². The van der Waals surface area contributed by atoms with Crippen molar-refractivity contribution >= 4 is 17.9 Å². The van der Waals surface area contributed by atoms with Crippen LogP contribution in [-0.4, -0.2) is 37.2 Å². The molecule has 1 atom stereocenters. The average Bonchev–Trinajstić information content (AvgIpc) is 3.46. The van der Waals surface area contributed by atoms with E-state index in [0.717, 1.165) is 96.3 Å². The number of allylic oxidation sites excluding steroid dienone is 12. The fraction of sp³-hybridized carbons (Fsp3) is 0.797. The lowest BCUT2D eigenvalue weighted by molar-refractivity contribution is -0.167. The Morgan fingerprint density at radius 3 is 0.800 bits per heavy atom. The highest BCUT2D eigenvalue weighted by atomic mass is 16.6. The number of hydrogen-bond acceptors (Lipinski definition) is 6.